The number of benzene rings is 2. The van der Waals surface area contributed by atoms with Gasteiger partial charge in [0.2, 0.25) is 5.91 Å². The standard InChI is InChI=1S/C21H20N2O4/c1-2-14-6-9-17(10-7-14)23-19(24)13-18(21(23)27)22-16-5-3-4-15(12-16)8-11-20(25)26/h3-12,18,22H,2,13H2,1H3,(H,25,26)/b11-8+. The minimum Gasteiger partial charge on any atom is -0.478 e. The molecule has 1 unspecified atom stereocenters. The molecule has 1 heterocycles. The summed E-state index contributed by atoms with van der Waals surface area (Å²) in [6, 6.07) is 13.8. The van der Waals surface area contributed by atoms with E-state index in [9.17, 15) is 14.4 Å². The number of carboxylic acid groups (broad SMARTS) is 1. The number of anilines is 2. The summed E-state index contributed by atoms with van der Waals surface area (Å²) in [5.41, 5.74) is 3.05. The molecule has 1 aliphatic rings. The zero-order valence-electron chi connectivity index (χ0n) is 14.9. The van der Waals surface area contributed by atoms with Gasteiger partial charge in [0.15, 0.2) is 0 Å². The predicted octanol–water partition coefficient (Wildman–Crippen LogP) is 3.09. The first-order valence-electron chi connectivity index (χ1n) is 8.71. The van der Waals surface area contributed by atoms with Crippen molar-refractivity contribution in [3.63, 3.8) is 0 Å². The van der Waals surface area contributed by atoms with E-state index >= 15 is 0 Å². The molecule has 0 radical (unpaired) electrons. The Balaban J connectivity index is 1.75. The molecule has 6 nitrogen and oxygen atoms in total. The number of carbonyl (C=O) groups is 3. The maximum atomic E-state index is 12.7. The minimum absolute atomic E-state index is 0.0730. The normalized spacial score (nSPS) is 16.9. The van der Waals surface area contributed by atoms with Gasteiger partial charge in [-0.2, -0.15) is 0 Å². The number of nitrogens with one attached hydrogen (secondary N) is 1. The lowest BCUT2D eigenvalue weighted by Crippen LogP contribution is -2.34. The summed E-state index contributed by atoms with van der Waals surface area (Å²) in [4.78, 5) is 36.9. The fourth-order valence-corrected chi connectivity index (χ4v) is 3.00. The van der Waals surface area contributed by atoms with Gasteiger partial charge in [0.1, 0.15) is 6.04 Å². The van der Waals surface area contributed by atoms with E-state index in [0.29, 0.717) is 16.9 Å². The lowest BCUT2D eigenvalue weighted by atomic mass is 10.1. The maximum absolute atomic E-state index is 12.7. The van der Waals surface area contributed by atoms with Gasteiger partial charge < -0.3 is 10.4 Å². The molecule has 2 aromatic rings. The average Bonchev–Trinajstić information content (AvgIpc) is 2.94. The fourth-order valence-electron chi connectivity index (χ4n) is 3.00. The molecule has 1 atom stereocenters. The predicted molar refractivity (Wildman–Crippen MR) is 103 cm³/mol. The SMILES string of the molecule is CCc1ccc(N2C(=O)CC(Nc3cccc(/C=C/C(=O)O)c3)C2=O)cc1. The highest BCUT2D eigenvalue weighted by Gasteiger charge is 2.39. The number of nitrogens with zero attached hydrogens (tertiary/aromatic N) is 1. The highest BCUT2D eigenvalue weighted by Crippen LogP contribution is 2.25. The number of amides is 2. The van der Waals surface area contributed by atoms with Gasteiger partial charge in [-0.25, -0.2) is 9.69 Å². The zero-order chi connectivity index (χ0) is 19.4. The van der Waals surface area contributed by atoms with Crippen molar-refractivity contribution in [2.75, 3.05) is 10.2 Å². The van der Waals surface area contributed by atoms with Crippen LogP contribution in [-0.2, 0) is 20.8 Å². The van der Waals surface area contributed by atoms with Crippen molar-refractivity contribution in [3.05, 3.63) is 65.7 Å². The van der Waals surface area contributed by atoms with Gasteiger partial charge in [-0.3, -0.25) is 9.59 Å². The summed E-state index contributed by atoms with van der Waals surface area (Å²) in [6.07, 6.45) is 3.48. The van der Waals surface area contributed by atoms with E-state index in [4.69, 9.17) is 5.11 Å². The van der Waals surface area contributed by atoms with Crippen molar-refractivity contribution >= 4 is 35.2 Å². The second kappa shape index (κ2) is 7.86. The monoisotopic (exact) mass is 364 g/mol. The molecule has 1 fully saturated rings. The van der Waals surface area contributed by atoms with Gasteiger partial charge in [-0.15, -0.1) is 0 Å². The summed E-state index contributed by atoms with van der Waals surface area (Å²) in [7, 11) is 0. The van der Waals surface area contributed by atoms with Crippen LogP contribution in [0.2, 0.25) is 0 Å². The number of rotatable bonds is 6. The van der Waals surface area contributed by atoms with Crippen molar-refractivity contribution < 1.29 is 19.5 Å². The number of carboxylic acids is 1. The molecular formula is C21H20N2O4. The van der Waals surface area contributed by atoms with E-state index in [0.717, 1.165) is 18.1 Å². The van der Waals surface area contributed by atoms with E-state index in [-0.39, 0.29) is 18.2 Å². The molecule has 3 rings (SSSR count). The molecule has 1 saturated heterocycles. The van der Waals surface area contributed by atoms with Gasteiger partial charge in [-0.05, 0) is 47.9 Å². The summed E-state index contributed by atoms with van der Waals surface area (Å²) in [6.45, 7) is 2.04. The number of aryl methyl sites for hydroxylation is 1. The van der Waals surface area contributed by atoms with Gasteiger partial charge in [-0.1, -0.05) is 31.2 Å². The molecule has 2 amide bonds. The summed E-state index contributed by atoms with van der Waals surface area (Å²) in [5.74, 6) is -1.57. The molecule has 0 saturated carbocycles. The lowest BCUT2D eigenvalue weighted by Gasteiger charge is -2.16. The Labute approximate surface area is 157 Å². The van der Waals surface area contributed by atoms with Crippen LogP contribution in [0, 0.1) is 0 Å². The van der Waals surface area contributed by atoms with Crippen molar-refractivity contribution in [3.8, 4) is 0 Å². The zero-order valence-corrected chi connectivity index (χ0v) is 14.9. The highest BCUT2D eigenvalue weighted by atomic mass is 16.4. The Morgan fingerprint density at radius 2 is 1.96 bits per heavy atom. The van der Waals surface area contributed by atoms with Gasteiger partial charge in [0.05, 0.1) is 12.1 Å². The van der Waals surface area contributed by atoms with Crippen LogP contribution in [0.15, 0.2) is 54.6 Å². The number of aliphatic carboxylic acids is 1. The van der Waals surface area contributed by atoms with Gasteiger partial charge >= 0.3 is 5.97 Å². The second-order valence-electron chi connectivity index (χ2n) is 6.29. The maximum Gasteiger partial charge on any atom is 0.328 e. The molecule has 2 aromatic carbocycles. The van der Waals surface area contributed by atoms with Crippen LogP contribution in [0.1, 0.15) is 24.5 Å². The molecule has 1 aliphatic heterocycles. The molecule has 0 aromatic heterocycles. The van der Waals surface area contributed by atoms with Gasteiger partial charge in [0.25, 0.3) is 5.91 Å². The number of hydrogen-bond donors (Lipinski definition) is 2. The van der Waals surface area contributed by atoms with E-state index in [1.165, 1.54) is 11.0 Å². The Bertz CT molecular complexity index is 903. The quantitative estimate of drug-likeness (QED) is 0.608. The van der Waals surface area contributed by atoms with Crippen LogP contribution >= 0.6 is 0 Å². The fraction of sp³-hybridized carbons (Fsp3) is 0.190. The van der Waals surface area contributed by atoms with Crippen LogP contribution in [0.25, 0.3) is 6.08 Å². The number of imide groups is 1. The van der Waals surface area contributed by atoms with E-state index in [2.05, 4.69) is 5.32 Å². The molecule has 6 heteroatoms. The minimum atomic E-state index is -1.03. The van der Waals surface area contributed by atoms with Crippen LogP contribution in [0.3, 0.4) is 0 Å². The number of hydrogen-bond acceptors (Lipinski definition) is 4. The third-order valence-electron chi connectivity index (χ3n) is 4.40. The first kappa shape index (κ1) is 18.4. The largest absolute Gasteiger partial charge is 0.478 e. The van der Waals surface area contributed by atoms with E-state index in [1.54, 1.807) is 36.4 Å². The summed E-state index contributed by atoms with van der Waals surface area (Å²) in [5, 5.41) is 11.8. The highest BCUT2D eigenvalue weighted by molar-refractivity contribution is 6.23. The third kappa shape index (κ3) is 4.23. The summed E-state index contributed by atoms with van der Waals surface area (Å²) < 4.78 is 0. The Kier molecular flexibility index (Phi) is 5.35. The Morgan fingerprint density at radius 3 is 2.63 bits per heavy atom. The topological polar surface area (TPSA) is 86.7 Å². The molecule has 138 valence electrons. The van der Waals surface area contributed by atoms with E-state index < -0.39 is 12.0 Å². The Morgan fingerprint density at radius 1 is 1.22 bits per heavy atom. The molecule has 27 heavy (non-hydrogen) atoms. The molecule has 0 bridgehead atoms. The van der Waals surface area contributed by atoms with Crippen molar-refractivity contribution in [1.82, 2.24) is 0 Å². The van der Waals surface area contributed by atoms with Crippen LogP contribution in [0.5, 0.6) is 0 Å². The van der Waals surface area contributed by atoms with Crippen LogP contribution in [0.4, 0.5) is 11.4 Å². The third-order valence-corrected chi connectivity index (χ3v) is 4.40. The second-order valence-corrected chi connectivity index (χ2v) is 6.29. The summed E-state index contributed by atoms with van der Waals surface area (Å²) >= 11 is 0. The molecule has 0 spiro atoms. The average molecular weight is 364 g/mol. The Hall–Kier alpha value is -3.41. The van der Waals surface area contributed by atoms with E-state index in [1.807, 2.05) is 19.1 Å². The molecular weight excluding hydrogens is 344 g/mol. The molecule has 0 aliphatic carbocycles. The van der Waals surface area contributed by atoms with Crippen molar-refractivity contribution in [2.45, 2.75) is 25.8 Å². The van der Waals surface area contributed by atoms with Crippen LogP contribution < -0.4 is 10.2 Å². The van der Waals surface area contributed by atoms with Gasteiger partial charge in [0, 0.05) is 11.8 Å². The van der Waals surface area contributed by atoms with Crippen LogP contribution in [-0.4, -0.2) is 28.9 Å². The smallest absolute Gasteiger partial charge is 0.328 e. The number of carbonyl (C=O) groups excluding carboxylic acids is 2. The van der Waals surface area contributed by atoms with Crippen molar-refractivity contribution in [2.24, 2.45) is 0 Å². The van der Waals surface area contributed by atoms with Crippen molar-refractivity contribution in [1.29, 1.82) is 0 Å². The first-order chi connectivity index (χ1) is 13.0. The first-order valence-corrected chi connectivity index (χ1v) is 8.71. The molecule has 2 N–H and O–H groups in total. The lowest BCUT2D eigenvalue weighted by molar-refractivity contribution is -0.131.